The maximum absolute atomic E-state index is 11.2. The van der Waals surface area contributed by atoms with Gasteiger partial charge >= 0.3 is 5.97 Å². The standard InChI is InChI=1S/C7H6BrNO3S/c8-5-2-1-4(13-5)7(12)9-3-6(10)11/h1-2H,3H2,(H,9,12)(H,10,11). The smallest absolute Gasteiger partial charge is 0.322 e. The highest BCUT2D eigenvalue weighted by Gasteiger charge is 2.08. The highest BCUT2D eigenvalue weighted by atomic mass is 79.9. The Bertz CT molecular complexity index is 336. The fourth-order valence-corrected chi connectivity index (χ4v) is 1.98. The van der Waals surface area contributed by atoms with Crippen LogP contribution in [0.5, 0.6) is 0 Å². The van der Waals surface area contributed by atoms with Crippen LogP contribution in [-0.2, 0) is 4.79 Å². The van der Waals surface area contributed by atoms with Crippen LogP contribution in [0.3, 0.4) is 0 Å². The zero-order valence-electron chi connectivity index (χ0n) is 6.41. The third kappa shape index (κ3) is 3.16. The summed E-state index contributed by atoms with van der Waals surface area (Å²) >= 11 is 4.46. The third-order valence-electron chi connectivity index (χ3n) is 1.20. The Labute approximate surface area is 86.7 Å². The van der Waals surface area contributed by atoms with Gasteiger partial charge in [0, 0.05) is 0 Å². The fourth-order valence-electron chi connectivity index (χ4n) is 0.679. The lowest BCUT2D eigenvalue weighted by atomic mass is 10.4. The second kappa shape index (κ2) is 4.38. The van der Waals surface area contributed by atoms with Crippen LogP contribution in [0.2, 0.25) is 0 Å². The highest BCUT2D eigenvalue weighted by Crippen LogP contribution is 2.21. The first-order valence-corrected chi connectivity index (χ1v) is 4.96. The summed E-state index contributed by atoms with van der Waals surface area (Å²) in [7, 11) is 0. The summed E-state index contributed by atoms with van der Waals surface area (Å²) in [5, 5.41) is 10.6. The van der Waals surface area contributed by atoms with E-state index in [0.29, 0.717) is 4.88 Å². The molecule has 2 N–H and O–H groups in total. The molecule has 0 aliphatic heterocycles. The molecule has 6 heteroatoms. The Balaban J connectivity index is 2.54. The molecule has 0 unspecified atom stereocenters. The highest BCUT2D eigenvalue weighted by molar-refractivity contribution is 9.11. The van der Waals surface area contributed by atoms with E-state index < -0.39 is 5.97 Å². The molecule has 1 aromatic heterocycles. The molecular formula is C7H6BrNO3S. The van der Waals surface area contributed by atoms with Crippen LogP contribution in [0.4, 0.5) is 0 Å². The molecule has 0 aliphatic carbocycles. The third-order valence-corrected chi connectivity index (χ3v) is 2.82. The van der Waals surface area contributed by atoms with Crippen molar-refractivity contribution in [2.45, 2.75) is 0 Å². The Hall–Kier alpha value is -0.880. The minimum Gasteiger partial charge on any atom is -0.480 e. The van der Waals surface area contributed by atoms with Crippen LogP contribution < -0.4 is 5.32 Å². The number of aliphatic carboxylic acids is 1. The molecule has 1 aromatic rings. The molecule has 1 amide bonds. The van der Waals surface area contributed by atoms with Crippen molar-refractivity contribution in [1.82, 2.24) is 5.32 Å². The fraction of sp³-hybridized carbons (Fsp3) is 0.143. The van der Waals surface area contributed by atoms with Gasteiger partial charge in [-0.3, -0.25) is 9.59 Å². The first kappa shape index (κ1) is 10.2. The second-order valence-corrected chi connectivity index (χ2v) is 4.64. The SMILES string of the molecule is O=C(O)CNC(=O)c1ccc(Br)s1. The van der Waals surface area contributed by atoms with Gasteiger partial charge in [0.05, 0.1) is 8.66 Å². The number of carboxylic acids is 1. The van der Waals surface area contributed by atoms with Gasteiger partial charge in [0.25, 0.3) is 5.91 Å². The maximum atomic E-state index is 11.2. The predicted molar refractivity (Wildman–Crippen MR) is 52.0 cm³/mol. The number of carbonyl (C=O) groups is 2. The first-order chi connectivity index (χ1) is 6.09. The van der Waals surface area contributed by atoms with E-state index in [4.69, 9.17) is 5.11 Å². The molecule has 1 heterocycles. The summed E-state index contributed by atoms with van der Waals surface area (Å²) < 4.78 is 0.841. The van der Waals surface area contributed by atoms with Crippen molar-refractivity contribution in [3.63, 3.8) is 0 Å². The number of thiophene rings is 1. The Morgan fingerprint density at radius 1 is 1.54 bits per heavy atom. The van der Waals surface area contributed by atoms with Crippen LogP contribution in [0, 0.1) is 0 Å². The average molecular weight is 264 g/mol. The molecule has 0 aromatic carbocycles. The number of carbonyl (C=O) groups excluding carboxylic acids is 1. The van der Waals surface area contributed by atoms with E-state index in [0.717, 1.165) is 3.79 Å². The largest absolute Gasteiger partial charge is 0.480 e. The van der Waals surface area contributed by atoms with Crippen LogP contribution >= 0.6 is 27.3 Å². The van der Waals surface area contributed by atoms with Gasteiger partial charge < -0.3 is 10.4 Å². The van der Waals surface area contributed by atoms with Crippen LogP contribution in [0.1, 0.15) is 9.67 Å². The molecule has 0 bridgehead atoms. The van der Waals surface area contributed by atoms with E-state index in [1.165, 1.54) is 11.3 Å². The molecule has 0 atom stereocenters. The monoisotopic (exact) mass is 263 g/mol. The molecule has 0 saturated carbocycles. The van der Waals surface area contributed by atoms with E-state index in [1.807, 2.05) is 0 Å². The quantitative estimate of drug-likeness (QED) is 0.865. The van der Waals surface area contributed by atoms with Crippen LogP contribution in [0.15, 0.2) is 15.9 Å². The van der Waals surface area contributed by atoms with Crippen molar-refractivity contribution in [2.75, 3.05) is 6.54 Å². The predicted octanol–water partition coefficient (Wildman–Crippen LogP) is 1.32. The van der Waals surface area contributed by atoms with Gasteiger partial charge in [-0.1, -0.05) is 0 Å². The van der Waals surface area contributed by atoms with E-state index in [9.17, 15) is 9.59 Å². The molecule has 70 valence electrons. The Morgan fingerprint density at radius 2 is 2.23 bits per heavy atom. The maximum Gasteiger partial charge on any atom is 0.322 e. The molecule has 0 aliphatic rings. The van der Waals surface area contributed by atoms with Gasteiger partial charge in [-0.25, -0.2) is 0 Å². The van der Waals surface area contributed by atoms with Gasteiger partial charge in [-0.2, -0.15) is 0 Å². The molecule has 0 spiro atoms. The van der Waals surface area contributed by atoms with Gasteiger partial charge in [0.2, 0.25) is 0 Å². The number of halogens is 1. The Kier molecular flexibility index (Phi) is 3.44. The lowest BCUT2D eigenvalue weighted by Gasteiger charge is -1.97. The van der Waals surface area contributed by atoms with Gasteiger partial charge in [-0.05, 0) is 28.1 Å². The summed E-state index contributed by atoms with van der Waals surface area (Å²) in [6.45, 7) is -0.353. The Morgan fingerprint density at radius 3 is 2.69 bits per heavy atom. The van der Waals surface area contributed by atoms with Crippen LogP contribution in [-0.4, -0.2) is 23.5 Å². The number of hydrogen-bond acceptors (Lipinski definition) is 3. The molecule has 4 nitrogen and oxygen atoms in total. The van der Waals surface area contributed by atoms with E-state index in [2.05, 4.69) is 21.2 Å². The molecule has 0 radical (unpaired) electrons. The summed E-state index contributed by atoms with van der Waals surface area (Å²) in [4.78, 5) is 21.8. The zero-order chi connectivity index (χ0) is 9.84. The lowest BCUT2D eigenvalue weighted by Crippen LogP contribution is -2.28. The lowest BCUT2D eigenvalue weighted by molar-refractivity contribution is -0.135. The van der Waals surface area contributed by atoms with Crippen molar-refractivity contribution in [3.05, 3.63) is 20.8 Å². The molecular weight excluding hydrogens is 258 g/mol. The number of nitrogens with one attached hydrogen (secondary N) is 1. The molecule has 13 heavy (non-hydrogen) atoms. The summed E-state index contributed by atoms with van der Waals surface area (Å²) in [5.74, 6) is -1.41. The average Bonchev–Trinajstić information content (AvgIpc) is 2.47. The summed E-state index contributed by atoms with van der Waals surface area (Å²) in [6, 6.07) is 3.37. The van der Waals surface area contributed by atoms with Gasteiger partial charge in [0.1, 0.15) is 6.54 Å². The van der Waals surface area contributed by atoms with Crippen LogP contribution in [0.25, 0.3) is 0 Å². The summed E-state index contributed by atoms with van der Waals surface area (Å²) in [5.41, 5.74) is 0. The number of carboxylic acid groups (broad SMARTS) is 1. The topological polar surface area (TPSA) is 66.4 Å². The minimum absolute atomic E-state index is 0.353. The molecule has 1 rings (SSSR count). The van der Waals surface area contributed by atoms with Crippen molar-refractivity contribution < 1.29 is 14.7 Å². The number of amides is 1. The number of rotatable bonds is 3. The molecule has 0 fully saturated rings. The zero-order valence-corrected chi connectivity index (χ0v) is 8.81. The van der Waals surface area contributed by atoms with E-state index in [1.54, 1.807) is 12.1 Å². The molecule has 0 saturated heterocycles. The number of hydrogen-bond donors (Lipinski definition) is 2. The van der Waals surface area contributed by atoms with Crippen molar-refractivity contribution >= 4 is 39.1 Å². The van der Waals surface area contributed by atoms with E-state index in [-0.39, 0.29) is 12.5 Å². The van der Waals surface area contributed by atoms with Crippen molar-refractivity contribution in [3.8, 4) is 0 Å². The summed E-state index contributed by atoms with van der Waals surface area (Å²) in [6.07, 6.45) is 0. The van der Waals surface area contributed by atoms with E-state index >= 15 is 0 Å². The normalized spacial score (nSPS) is 9.62. The minimum atomic E-state index is -1.05. The van der Waals surface area contributed by atoms with Crippen molar-refractivity contribution in [2.24, 2.45) is 0 Å². The van der Waals surface area contributed by atoms with Gasteiger partial charge in [0.15, 0.2) is 0 Å². The first-order valence-electron chi connectivity index (χ1n) is 3.35. The van der Waals surface area contributed by atoms with Crippen molar-refractivity contribution in [1.29, 1.82) is 0 Å². The second-order valence-electron chi connectivity index (χ2n) is 2.18. The van der Waals surface area contributed by atoms with Gasteiger partial charge in [-0.15, -0.1) is 11.3 Å².